The van der Waals surface area contributed by atoms with Crippen molar-refractivity contribution in [3.05, 3.63) is 29.8 Å². The molecule has 0 aromatic heterocycles. The maximum absolute atomic E-state index is 11.4. The van der Waals surface area contributed by atoms with E-state index in [0.717, 1.165) is 11.3 Å². The molecule has 1 rings (SSSR count). The predicted octanol–water partition coefficient (Wildman–Crippen LogP) is 1.49. The van der Waals surface area contributed by atoms with Crippen LogP contribution in [0.25, 0.3) is 0 Å². The van der Waals surface area contributed by atoms with Gasteiger partial charge in [-0.3, -0.25) is 4.79 Å². The van der Waals surface area contributed by atoms with Crippen LogP contribution in [0.3, 0.4) is 0 Å². The van der Waals surface area contributed by atoms with Crippen LogP contribution in [0.15, 0.2) is 24.3 Å². The zero-order valence-electron chi connectivity index (χ0n) is 9.73. The van der Waals surface area contributed by atoms with Crippen molar-refractivity contribution in [3.63, 3.8) is 0 Å². The number of amides is 1. The fraction of sp³-hybridized carbons (Fsp3) is 0.333. The van der Waals surface area contributed by atoms with Gasteiger partial charge in [0.15, 0.2) is 0 Å². The second-order valence-electron chi connectivity index (χ2n) is 3.63. The second kappa shape index (κ2) is 6.98. The molecule has 4 nitrogen and oxygen atoms in total. The van der Waals surface area contributed by atoms with Gasteiger partial charge in [0.2, 0.25) is 5.91 Å². The summed E-state index contributed by atoms with van der Waals surface area (Å²) < 4.78 is 4.82. The zero-order valence-corrected chi connectivity index (χ0v) is 10.5. The molecule has 0 aliphatic rings. The summed E-state index contributed by atoms with van der Waals surface area (Å²) in [6.07, 6.45) is 0.929. The summed E-state index contributed by atoms with van der Waals surface area (Å²) in [4.78, 5) is 11.9. The van der Waals surface area contributed by atoms with Gasteiger partial charge in [-0.1, -0.05) is 24.4 Å². The number of methoxy groups -OCH3 is 1. The molecule has 1 amide bonds. The van der Waals surface area contributed by atoms with E-state index in [0.29, 0.717) is 24.4 Å². The standard InChI is InChI=1S/C12H16N2O2S/c1-16-7-6-12(15)14-10-4-2-9(3-5-10)8-11(13)17/h2-5H,6-8H2,1H3,(H2,13,17)(H,14,15). The molecule has 0 fully saturated rings. The lowest BCUT2D eigenvalue weighted by Gasteiger charge is -2.06. The number of ether oxygens (including phenoxy) is 1. The summed E-state index contributed by atoms with van der Waals surface area (Å²) in [5, 5.41) is 2.77. The molecule has 3 N–H and O–H groups in total. The Balaban J connectivity index is 2.50. The van der Waals surface area contributed by atoms with Crippen LogP contribution < -0.4 is 11.1 Å². The average molecular weight is 252 g/mol. The Labute approximate surface area is 106 Å². The average Bonchev–Trinajstić information content (AvgIpc) is 2.28. The summed E-state index contributed by atoms with van der Waals surface area (Å²) in [7, 11) is 1.57. The fourth-order valence-electron chi connectivity index (χ4n) is 1.33. The Morgan fingerprint density at radius 1 is 1.41 bits per heavy atom. The number of carbonyl (C=O) groups excluding carboxylic acids is 1. The van der Waals surface area contributed by atoms with Crippen LogP contribution >= 0.6 is 12.2 Å². The number of nitrogens with two attached hydrogens (primary N) is 1. The number of thiocarbonyl (C=S) groups is 1. The van der Waals surface area contributed by atoms with Crippen molar-refractivity contribution in [3.8, 4) is 0 Å². The third kappa shape index (κ3) is 5.42. The number of rotatable bonds is 6. The van der Waals surface area contributed by atoms with Crippen molar-refractivity contribution in [2.24, 2.45) is 5.73 Å². The lowest BCUT2D eigenvalue weighted by molar-refractivity contribution is -0.117. The number of carbonyl (C=O) groups is 1. The topological polar surface area (TPSA) is 64.3 Å². The molecule has 0 bridgehead atoms. The fourth-order valence-corrected chi connectivity index (χ4v) is 1.49. The third-order valence-electron chi connectivity index (χ3n) is 2.15. The molecule has 1 aromatic rings. The number of anilines is 1. The molecule has 0 atom stereocenters. The molecule has 0 spiro atoms. The molecule has 17 heavy (non-hydrogen) atoms. The number of hydrogen-bond donors (Lipinski definition) is 2. The lowest BCUT2D eigenvalue weighted by atomic mass is 10.1. The predicted molar refractivity (Wildman–Crippen MR) is 72.1 cm³/mol. The molecule has 5 heteroatoms. The maximum atomic E-state index is 11.4. The van der Waals surface area contributed by atoms with Crippen molar-refractivity contribution >= 4 is 28.8 Å². The van der Waals surface area contributed by atoms with E-state index < -0.39 is 0 Å². The minimum absolute atomic E-state index is 0.0612. The first-order valence-electron chi connectivity index (χ1n) is 5.28. The van der Waals surface area contributed by atoms with Gasteiger partial charge in [-0.05, 0) is 17.7 Å². The molecule has 0 radical (unpaired) electrons. The van der Waals surface area contributed by atoms with E-state index in [-0.39, 0.29) is 5.91 Å². The largest absolute Gasteiger partial charge is 0.393 e. The highest BCUT2D eigenvalue weighted by molar-refractivity contribution is 7.80. The van der Waals surface area contributed by atoms with Crippen molar-refractivity contribution in [1.29, 1.82) is 0 Å². The molecule has 0 aliphatic carbocycles. The van der Waals surface area contributed by atoms with Gasteiger partial charge in [-0.25, -0.2) is 0 Å². The van der Waals surface area contributed by atoms with Gasteiger partial charge >= 0.3 is 0 Å². The highest BCUT2D eigenvalue weighted by atomic mass is 32.1. The zero-order chi connectivity index (χ0) is 12.7. The molecule has 0 unspecified atom stereocenters. The normalized spacial score (nSPS) is 9.94. The highest BCUT2D eigenvalue weighted by Gasteiger charge is 2.02. The third-order valence-corrected chi connectivity index (χ3v) is 2.29. The van der Waals surface area contributed by atoms with Crippen LogP contribution in [-0.2, 0) is 16.0 Å². The molecule has 0 aliphatic heterocycles. The van der Waals surface area contributed by atoms with E-state index >= 15 is 0 Å². The number of hydrogen-bond acceptors (Lipinski definition) is 3. The summed E-state index contributed by atoms with van der Waals surface area (Å²) in [5.74, 6) is -0.0612. The van der Waals surface area contributed by atoms with Gasteiger partial charge in [-0.15, -0.1) is 0 Å². The van der Waals surface area contributed by atoms with E-state index in [1.165, 1.54) is 0 Å². The van der Waals surface area contributed by atoms with Gasteiger partial charge in [0.25, 0.3) is 0 Å². The molecule has 92 valence electrons. The van der Waals surface area contributed by atoms with Crippen LogP contribution in [0.2, 0.25) is 0 Å². The van der Waals surface area contributed by atoms with Crippen LogP contribution in [0.5, 0.6) is 0 Å². The van der Waals surface area contributed by atoms with Crippen molar-refractivity contribution < 1.29 is 9.53 Å². The molecular formula is C12H16N2O2S. The Kier molecular flexibility index (Phi) is 5.59. The molecule has 1 aromatic carbocycles. The Hall–Kier alpha value is -1.46. The first-order valence-corrected chi connectivity index (χ1v) is 5.68. The minimum Gasteiger partial charge on any atom is -0.393 e. The monoisotopic (exact) mass is 252 g/mol. The molecule has 0 saturated carbocycles. The van der Waals surface area contributed by atoms with Crippen LogP contribution in [-0.4, -0.2) is 24.6 Å². The Morgan fingerprint density at radius 3 is 2.59 bits per heavy atom. The van der Waals surface area contributed by atoms with E-state index in [4.69, 9.17) is 22.7 Å². The van der Waals surface area contributed by atoms with Gasteiger partial charge in [-0.2, -0.15) is 0 Å². The van der Waals surface area contributed by atoms with E-state index in [1.54, 1.807) is 7.11 Å². The first kappa shape index (κ1) is 13.6. The van der Waals surface area contributed by atoms with Gasteiger partial charge in [0.1, 0.15) is 0 Å². The van der Waals surface area contributed by atoms with Crippen LogP contribution in [0, 0.1) is 0 Å². The van der Waals surface area contributed by atoms with Crippen molar-refractivity contribution in [1.82, 2.24) is 0 Å². The van der Waals surface area contributed by atoms with Gasteiger partial charge in [0, 0.05) is 19.2 Å². The summed E-state index contributed by atoms with van der Waals surface area (Å²) in [5.41, 5.74) is 7.24. The van der Waals surface area contributed by atoms with Gasteiger partial charge < -0.3 is 15.8 Å². The van der Waals surface area contributed by atoms with E-state index in [9.17, 15) is 4.79 Å². The summed E-state index contributed by atoms with van der Waals surface area (Å²) >= 11 is 4.82. The summed E-state index contributed by atoms with van der Waals surface area (Å²) in [6.45, 7) is 0.422. The summed E-state index contributed by atoms with van der Waals surface area (Å²) in [6, 6.07) is 7.45. The number of benzene rings is 1. The van der Waals surface area contributed by atoms with E-state index in [1.807, 2.05) is 24.3 Å². The molecular weight excluding hydrogens is 236 g/mol. The lowest BCUT2D eigenvalue weighted by Crippen LogP contribution is -2.14. The van der Waals surface area contributed by atoms with Crippen LogP contribution in [0.1, 0.15) is 12.0 Å². The Morgan fingerprint density at radius 2 is 2.06 bits per heavy atom. The maximum Gasteiger partial charge on any atom is 0.226 e. The minimum atomic E-state index is -0.0612. The first-order chi connectivity index (χ1) is 8.11. The quantitative estimate of drug-likeness (QED) is 0.753. The van der Waals surface area contributed by atoms with Gasteiger partial charge in [0.05, 0.1) is 18.0 Å². The smallest absolute Gasteiger partial charge is 0.226 e. The van der Waals surface area contributed by atoms with Crippen LogP contribution in [0.4, 0.5) is 5.69 Å². The highest BCUT2D eigenvalue weighted by Crippen LogP contribution is 2.10. The second-order valence-corrected chi connectivity index (χ2v) is 4.16. The van der Waals surface area contributed by atoms with E-state index in [2.05, 4.69) is 5.32 Å². The SMILES string of the molecule is COCCC(=O)Nc1ccc(CC(N)=S)cc1. The Bertz CT molecular complexity index is 390. The molecule has 0 saturated heterocycles. The molecule has 0 heterocycles. The van der Waals surface area contributed by atoms with Crippen molar-refractivity contribution in [2.75, 3.05) is 19.0 Å². The van der Waals surface area contributed by atoms with Crippen molar-refractivity contribution in [2.45, 2.75) is 12.8 Å². The number of nitrogens with one attached hydrogen (secondary N) is 1.